The van der Waals surface area contributed by atoms with E-state index in [1.807, 2.05) is 168 Å². The standard InChI is InChI=1S/2C24H27ClN6O.2C23H25ClN6O/c2*1-15(2)30-8-7-28(12-17(30)4)19-5-6-22-27-21(10-23(32)31(22)14-19)18-9-20(25)24-26-16(3)11-29(24)13-18;2*1-4-27-7-8-28(12-16(27)3)18-5-6-21-26-20(10-22(31)30(21)14-18)17-9-19(24)23-25-15(2)11-29(23)13-17/h2*5-6,9-11,13-15,17H,7-8,12H2,1-4H3;2*5-6,9-11,13-14,16H,4,7-8,12H2,1-3H3/t2*17-;2*16-/m1010/s1. The lowest BCUT2D eigenvalue weighted by Crippen LogP contribution is -2.54. The highest BCUT2D eigenvalue weighted by Crippen LogP contribution is 2.33. The van der Waals surface area contributed by atoms with Gasteiger partial charge in [-0.05, 0) is 169 Å². The maximum Gasteiger partial charge on any atom is 0.258 e. The molecule has 20 rings (SSSR count). The van der Waals surface area contributed by atoms with Crippen LogP contribution < -0.4 is 41.8 Å². The molecular weight excluding hydrogens is 1670 g/mol. The van der Waals surface area contributed by atoms with Crippen LogP contribution >= 0.6 is 46.4 Å². The van der Waals surface area contributed by atoms with Gasteiger partial charge in [-0.3, -0.25) is 56.4 Å². The lowest BCUT2D eigenvalue weighted by Gasteiger charge is -2.43. The Labute approximate surface area is 749 Å². The summed E-state index contributed by atoms with van der Waals surface area (Å²) in [6.07, 6.45) is 22.9. The van der Waals surface area contributed by atoms with E-state index in [2.05, 4.69) is 153 Å². The second-order valence-electron chi connectivity index (χ2n) is 34.2. The number of aromatic nitrogens is 16. The van der Waals surface area contributed by atoms with E-state index in [1.165, 1.54) is 0 Å². The van der Waals surface area contributed by atoms with E-state index in [4.69, 9.17) is 66.3 Å². The molecule has 16 aromatic rings. The molecule has 4 atom stereocenters. The fourth-order valence-electron chi connectivity index (χ4n) is 18.3. The number of aryl methyl sites for hydroxylation is 4. The number of nitrogens with zero attached hydrogens (tertiary/aromatic N) is 24. The van der Waals surface area contributed by atoms with Crippen LogP contribution in [0.2, 0.25) is 20.1 Å². The number of imidazole rings is 4. The van der Waals surface area contributed by atoms with Gasteiger partial charge in [0.25, 0.3) is 22.2 Å². The van der Waals surface area contributed by atoms with Gasteiger partial charge in [-0.25, -0.2) is 39.9 Å². The summed E-state index contributed by atoms with van der Waals surface area (Å²) in [6, 6.07) is 32.3. The lowest BCUT2D eigenvalue weighted by atomic mass is 10.1. The summed E-state index contributed by atoms with van der Waals surface area (Å²) in [7, 11) is 0. The van der Waals surface area contributed by atoms with Gasteiger partial charge in [-0.15, -0.1) is 0 Å². The number of hydrogen-bond acceptors (Lipinski definition) is 20. The van der Waals surface area contributed by atoms with Crippen molar-refractivity contribution in [2.45, 2.75) is 133 Å². The minimum atomic E-state index is -0.112. The maximum absolute atomic E-state index is 13.0. The molecule has 28 nitrogen and oxygen atoms in total. The van der Waals surface area contributed by atoms with Gasteiger partial charge >= 0.3 is 0 Å². The smallest absolute Gasteiger partial charge is 0.258 e. The van der Waals surface area contributed by atoms with Crippen LogP contribution in [0.3, 0.4) is 0 Å². The molecule has 652 valence electrons. The predicted octanol–water partition coefficient (Wildman–Crippen LogP) is 14.8. The molecule has 0 radical (unpaired) electrons. The average Bonchev–Trinajstić information content (AvgIpc) is 1.66. The van der Waals surface area contributed by atoms with E-state index in [-0.39, 0.29) is 22.2 Å². The van der Waals surface area contributed by atoms with Crippen molar-refractivity contribution in [2.75, 3.05) is 111 Å². The quantitative estimate of drug-likeness (QED) is 0.111. The highest BCUT2D eigenvalue weighted by Gasteiger charge is 2.30. The predicted molar refractivity (Wildman–Crippen MR) is 506 cm³/mol. The number of likely N-dealkylation sites (N-methyl/N-ethyl adjacent to an activating group) is 2. The first kappa shape index (κ1) is 86.5. The molecule has 0 aromatic carbocycles. The molecule has 0 bridgehead atoms. The summed E-state index contributed by atoms with van der Waals surface area (Å²) >= 11 is 25.7. The Morgan fingerprint density at radius 2 is 0.548 bits per heavy atom. The SMILES string of the molecule is CCN1CCN(c2ccc3nc(-c4cc(Cl)c5nc(C)cn5c4)cc(=O)n3c2)C[C@@H]1C.CCN1CCN(c2ccc3nc(-c4cc(Cl)c5nc(C)cn5c4)cc(=O)n3c2)C[C@H]1C.Cc1cn2cc(-c3cc(=O)n4cc(N5CCN(C(C)C)[C@@H](C)C5)ccc4n3)cc(Cl)c2n1.Cc1cn2cc(-c3cc(=O)n4cc(N5CCN(C(C)C)[C@H](C)C5)ccc4n3)cc(Cl)c2n1. The first-order valence-electron chi connectivity index (χ1n) is 43.2. The zero-order chi connectivity index (χ0) is 88.5. The van der Waals surface area contributed by atoms with Crippen molar-refractivity contribution < 1.29 is 0 Å². The molecule has 126 heavy (non-hydrogen) atoms. The van der Waals surface area contributed by atoms with Crippen LogP contribution in [0.25, 0.3) is 90.2 Å². The second-order valence-corrected chi connectivity index (χ2v) is 35.9. The molecule has 0 aliphatic carbocycles. The van der Waals surface area contributed by atoms with Crippen molar-refractivity contribution in [1.82, 2.24) is 94.7 Å². The second kappa shape index (κ2) is 35.7. The first-order chi connectivity index (χ1) is 60.4. The molecule has 4 aliphatic heterocycles. The van der Waals surface area contributed by atoms with Crippen LogP contribution in [0.5, 0.6) is 0 Å². The molecule has 0 spiro atoms. The Morgan fingerprint density at radius 3 is 0.770 bits per heavy atom. The Morgan fingerprint density at radius 1 is 0.310 bits per heavy atom. The van der Waals surface area contributed by atoms with Crippen LogP contribution in [-0.4, -0.2) is 223 Å². The highest BCUT2D eigenvalue weighted by molar-refractivity contribution is 6.35. The van der Waals surface area contributed by atoms with E-state index in [0.29, 0.717) is 124 Å². The van der Waals surface area contributed by atoms with Gasteiger partial charge in [0.2, 0.25) is 0 Å². The summed E-state index contributed by atoms with van der Waals surface area (Å²) in [5.74, 6) is 0. The Kier molecular flexibility index (Phi) is 24.5. The van der Waals surface area contributed by atoms with Crippen molar-refractivity contribution in [1.29, 1.82) is 0 Å². The molecule has 16 aromatic heterocycles. The monoisotopic (exact) mass is 1770 g/mol. The first-order valence-corrected chi connectivity index (χ1v) is 44.7. The molecule has 0 unspecified atom stereocenters. The van der Waals surface area contributed by atoms with Crippen molar-refractivity contribution >= 4 is 114 Å². The minimum absolute atomic E-state index is 0.111. The van der Waals surface area contributed by atoms with Gasteiger partial charge in [0.05, 0.1) is 88.4 Å². The maximum atomic E-state index is 13.0. The molecule has 0 amide bonds. The van der Waals surface area contributed by atoms with E-state index < -0.39 is 0 Å². The molecule has 0 saturated carbocycles. The zero-order valence-electron chi connectivity index (χ0n) is 73.4. The summed E-state index contributed by atoms with van der Waals surface area (Å²) in [6.45, 7) is 43.8. The number of halogens is 4. The molecule has 20 heterocycles. The van der Waals surface area contributed by atoms with Crippen molar-refractivity contribution in [3.05, 3.63) is 256 Å². The fraction of sp³-hybridized carbons (Fsp3) is 0.362. The number of hydrogen-bond donors (Lipinski definition) is 0. The molecule has 32 heteroatoms. The van der Waals surface area contributed by atoms with Crippen molar-refractivity contribution in [3.63, 3.8) is 0 Å². The average molecular weight is 1780 g/mol. The van der Waals surface area contributed by atoms with Gasteiger partial charge < -0.3 is 37.2 Å². The third kappa shape index (κ3) is 17.7. The van der Waals surface area contributed by atoms with Crippen molar-refractivity contribution in [2.24, 2.45) is 0 Å². The lowest BCUT2D eigenvalue weighted by molar-refractivity contribution is 0.148. The molecule has 4 saturated heterocycles. The van der Waals surface area contributed by atoms with E-state index in [0.717, 1.165) is 159 Å². The summed E-state index contributed by atoms with van der Waals surface area (Å²) in [5.41, 5.74) is 18.0. The summed E-state index contributed by atoms with van der Waals surface area (Å²) in [4.78, 5) is 108. The van der Waals surface area contributed by atoms with Crippen molar-refractivity contribution in [3.8, 4) is 45.0 Å². The summed E-state index contributed by atoms with van der Waals surface area (Å²) in [5, 5.41) is 2.12. The van der Waals surface area contributed by atoms with E-state index in [1.54, 1.807) is 41.9 Å². The number of pyridine rings is 8. The topological polar surface area (TPSA) is 233 Å². The number of fused-ring (bicyclic) bond motifs is 8. The van der Waals surface area contributed by atoms with E-state index >= 15 is 0 Å². The van der Waals surface area contributed by atoms with E-state index in [9.17, 15) is 19.2 Å². The van der Waals surface area contributed by atoms with Gasteiger partial charge in [-0.1, -0.05) is 60.3 Å². The Hall–Kier alpha value is -11.6. The van der Waals surface area contributed by atoms with Gasteiger partial charge in [0, 0.05) is 236 Å². The largest absolute Gasteiger partial charge is 0.367 e. The van der Waals surface area contributed by atoms with Gasteiger partial charge in [-0.2, -0.15) is 0 Å². The normalized spacial score (nSPS) is 17.7. The fourth-order valence-corrected chi connectivity index (χ4v) is 19.4. The molecular formula is C94H104Cl4N24O4. The van der Waals surface area contributed by atoms with Gasteiger partial charge in [0.15, 0.2) is 22.6 Å². The van der Waals surface area contributed by atoms with Crippen LogP contribution in [0.15, 0.2) is 191 Å². The third-order valence-electron chi connectivity index (χ3n) is 24.8. The Balaban J connectivity index is 0.000000119. The van der Waals surface area contributed by atoms with Crippen LogP contribution in [-0.2, 0) is 0 Å². The Bertz CT molecular complexity index is 6690. The molecule has 4 fully saturated rings. The zero-order valence-corrected chi connectivity index (χ0v) is 76.4. The summed E-state index contributed by atoms with van der Waals surface area (Å²) < 4.78 is 14.0. The van der Waals surface area contributed by atoms with Crippen LogP contribution in [0.1, 0.15) is 92.0 Å². The minimum Gasteiger partial charge on any atom is -0.367 e. The number of piperazine rings is 4. The molecule has 0 N–H and O–H groups in total. The molecule has 4 aliphatic rings. The van der Waals surface area contributed by atoms with Gasteiger partial charge in [0.1, 0.15) is 22.6 Å². The number of rotatable bonds is 12. The third-order valence-corrected chi connectivity index (χ3v) is 25.9. The number of anilines is 4. The van der Waals surface area contributed by atoms with Crippen LogP contribution in [0.4, 0.5) is 22.7 Å². The highest BCUT2D eigenvalue weighted by atomic mass is 35.5. The van der Waals surface area contributed by atoms with Crippen LogP contribution in [0, 0.1) is 27.7 Å².